The third-order valence-corrected chi connectivity index (χ3v) is 3.15. The first-order valence-electron chi connectivity index (χ1n) is 5.01. The number of hydrogen-bond donors (Lipinski definition) is 0. The Morgan fingerprint density at radius 1 is 1.19 bits per heavy atom. The van der Waals surface area contributed by atoms with E-state index in [1.165, 1.54) is 0 Å². The lowest BCUT2D eigenvalue weighted by molar-refractivity contribution is 0.0910. The second-order valence-electron chi connectivity index (χ2n) is 3.11. The molecule has 0 saturated heterocycles. The monoisotopic (exact) mass is 244 g/mol. The molecule has 2 atom stereocenters. The predicted molar refractivity (Wildman–Crippen MR) is 62.6 cm³/mol. The molecule has 90 valence electrons. The molecule has 0 N–H and O–H groups in total. The zero-order chi connectivity index (χ0) is 12.6. The van der Waals surface area contributed by atoms with Gasteiger partial charge in [-0.05, 0) is 20.3 Å². The van der Waals surface area contributed by atoms with E-state index < -0.39 is 20.0 Å². The first-order valence-corrected chi connectivity index (χ1v) is 6.47. The molecule has 4 nitrogen and oxygen atoms in total. The van der Waals surface area contributed by atoms with E-state index >= 15 is 0 Å². The van der Waals surface area contributed by atoms with Crippen molar-refractivity contribution in [3.05, 3.63) is 0 Å². The Morgan fingerprint density at radius 2 is 1.62 bits per heavy atom. The smallest absolute Gasteiger partial charge is 0.287 e. The molecule has 0 spiro atoms. The topological polar surface area (TPSA) is 44.8 Å². The Balaban J connectivity index is 4.56. The van der Waals surface area contributed by atoms with E-state index in [0.717, 1.165) is 0 Å². The van der Waals surface area contributed by atoms with E-state index in [1.54, 1.807) is 13.8 Å². The van der Waals surface area contributed by atoms with E-state index in [2.05, 4.69) is 11.8 Å². The molecule has 0 saturated carbocycles. The van der Waals surface area contributed by atoms with Crippen molar-refractivity contribution in [3.63, 3.8) is 0 Å². The molecule has 0 aromatic heterocycles. The molecule has 0 fully saturated rings. The van der Waals surface area contributed by atoms with Crippen molar-refractivity contribution in [2.24, 2.45) is 0 Å². The molecule has 0 aromatic carbocycles. The van der Waals surface area contributed by atoms with E-state index in [-0.39, 0.29) is 6.61 Å². The fraction of sp³-hybridized carbons (Fsp3) is 0.636. The Morgan fingerprint density at radius 3 is 1.94 bits per heavy atom. The molecule has 0 heterocycles. The van der Waals surface area contributed by atoms with Gasteiger partial charge < -0.3 is 0 Å². The average Bonchev–Trinajstić information content (AvgIpc) is 2.25. The van der Waals surface area contributed by atoms with Gasteiger partial charge in [0.2, 0.25) is 0 Å². The summed E-state index contributed by atoms with van der Waals surface area (Å²) in [6, 6.07) is 0. The van der Waals surface area contributed by atoms with Gasteiger partial charge >= 0.3 is 7.82 Å². The van der Waals surface area contributed by atoms with Crippen LogP contribution in [0.25, 0.3) is 0 Å². The maximum absolute atomic E-state index is 12.1. The quantitative estimate of drug-likeness (QED) is 0.510. The fourth-order valence-electron chi connectivity index (χ4n) is 0.737. The molecule has 0 radical (unpaired) electrons. The summed E-state index contributed by atoms with van der Waals surface area (Å²) in [5, 5.41) is 0. The second kappa shape index (κ2) is 7.49. The zero-order valence-corrected chi connectivity index (χ0v) is 10.7. The van der Waals surface area contributed by atoms with E-state index in [0.29, 0.717) is 6.42 Å². The highest BCUT2D eigenvalue weighted by molar-refractivity contribution is 7.48. The second-order valence-corrected chi connectivity index (χ2v) is 4.68. The van der Waals surface area contributed by atoms with E-state index in [1.807, 2.05) is 6.92 Å². The number of terminal acetylenes is 2. The highest BCUT2D eigenvalue weighted by atomic mass is 31.2. The Hall–Kier alpha value is -0.770. The van der Waals surface area contributed by atoms with Crippen LogP contribution in [0.15, 0.2) is 0 Å². The average molecular weight is 244 g/mol. The summed E-state index contributed by atoms with van der Waals surface area (Å²) in [7, 11) is -3.67. The molecular weight excluding hydrogens is 227 g/mol. The highest BCUT2D eigenvalue weighted by Gasteiger charge is 2.30. The van der Waals surface area contributed by atoms with Gasteiger partial charge in [-0.15, -0.1) is 12.8 Å². The molecule has 0 amide bonds. The van der Waals surface area contributed by atoms with Crippen LogP contribution in [0, 0.1) is 24.7 Å². The van der Waals surface area contributed by atoms with Gasteiger partial charge in [0.25, 0.3) is 0 Å². The molecule has 16 heavy (non-hydrogen) atoms. The Labute approximate surface area is 97.3 Å². The minimum absolute atomic E-state index is 0.256. The van der Waals surface area contributed by atoms with Crippen molar-refractivity contribution in [3.8, 4) is 24.7 Å². The van der Waals surface area contributed by atoms with Gasteiger partial charge in [-0.3, -0.25) is 13.6 Å². The molecule has 0 aliphatic carbocycles. The van der Waals surface area contributed by atoms with Gasteiger partial charge in [-0.1, -0.05) is 18.8 Å². The largest absolute Gasteiger partial charge is 0.477 e. The summed E-state index contributed by atoms with van der Waals surface area (Å²) in [5.74, 6) is 4.56. The standard InChI is InChI=1S/C11H17O4P/c1-6-9-13-16(12,14-10(4)7-2)15-11(5)8-3/h2-3,10-11H,6,9H2,1,4-5H3. The summed E-state index contributed by atoms with van der Waals surface area (Å²) >= 11 is 0. The van der Waals surface area contributed by atoms with E-state index in [9.17, 15) is 4.57 Å². The fourth-order valence-corrected chi connectivity index (χ4v) is 2.21. The Bertz CT molecular complexity index is 300. The molecule has 0 rings (SSSR count). The molecular formula is C11H17O4P. The summed E-state index contributed by atoms with van der Waals surface area (Å²) in [4.78, 5) is 0. The van der Waals surface area contributed by atoms with Crippen LogP contribution in [-0.4, -0.2) is 18.8 Å². The van der Waals surface area contributed by atoms with Crippen LogP contribution < -0.4 is 0 Å². The van der Waals surface area contributed by atoms with E-state index in [4.69, 9.17) is 26.4 Å². The maximum atomic E-state index is 12.1. The van der Waals surface area contributed by atoms with Crippen molar-refractivity contribution in [2.75, 3.05) is 6.61 Å². The summed E-state index contributed by atoms with van der Waals surface area (Å²) < 4.78 is 27.2. The summed E-state index contributed by atoms with van der Waals surface area (Å²) in [5.41, 5.74) is 0. The Kier molecular flexibility index (Phi) is 7.13. The molecule has 5 heteroatoms. The molecule has 0 aliphatic heterocycles. The minimum atomic E-state index is -3.67. The molecule has 2 unspecified atom stereocenters. The normalized spacial score (nSPS) is 17.8. The van der Waals surface area contributed by atoms with Gasteiger partial charge in [0.15, 0.2) is 0 Å². The molecule has 0 aliphatic rings. The van der Waals surface area contributed by atoms with Crippen LogP contribution in [0.4, 0.5) is 0 Å². The number of phosphoric acid groups is 1. The van der Waals surface area contributed by atoms with Crippen molar-refractivity contribution in [1.29, 1.82) is 0 Å². The first-order chi connectivity index (χ1) is 7.47. The lowest BCUT2D eigenvalue weighted by Gasteiger charge is -2.20. The molecule has 0 bridgehead atoms. The third kappa shape index (κ3) is 5.95. The van der Waals surface area contributed by atoms with Gasteiger partial charge in [0.1, 0.15) is 12.2 Å². The lowest BCUT2D eigenvalue weighted by atomic mass is 10.4. The van der Waals surface area contributed by atoms with Crippen molar-refractivity contribution in [2.45, 2.75) is 39.4 Å². The van der Waals surface area contributed by atoms with Crippen molar-refractivity contribution in [1.82, 2.24) is 0 Å². The van der Waals surface area contributed by atoms with Crippen LogP contribution in [0.2, 0.25) is 0 Å². The third-order valence-electron chi connectivity index (χ3n) is 1.50. The van der Waals surface area contributed by atoms with Gasteiger partial charge in [0, 0.05) is 0 Å². The number of rotatable bonds is 7. The first kappa shape index (κ1) is 15.2. The maximum Gasteiger partial charge on any atom is 0.477 e. The predicted octanol–water partition coefficient (Wildman–Crippen LogP) is 2.60. The van der Waals surface area contributed by atoms with Crippen LogP contribution in [-0.2, 0) is 18.1 Å². The highest BCUT2D eigenvalue weighted by Crippen LogP contribution is 2.51. The number of hydrogen-bond acceptors (Lipinski definition) is 4. The van der Waals surface area contributed by atoms with Gasteiger partial charge in [-0.2, -0.15) is 0 Å². The molecule has 0 aromatic rings. The van der Waals surface area contributed by atoms with Crippen LogP contribution >= 0.6 is 7.82 Å². The van der Waals surface area contributed by atoms with Gasteiger partial charge in [0.05, 0.1) is 6.61 Å². The van der Waals surface area contributed by atoms with Crippen molar-refractivity contribution < 1.29 is 18.1 Å². The van der Waals surface area contributed by atoms with Crippen LogP contribution in [0.1, 0.15) is 27.2 Å². The number of phosphoric ester groups is 1. The van der Waals surface area contributed by atoms with Crippen LogP contribution in [0.5, 0.6) is 0 Å². The van der Waals surface area contributed by atoms with Crippen LogP contribution in [0.3, 0.4) is 0 Å². The zero-order valence-electron chi connectivity index (χ0n) is 9.80. The minimum Gasteiger partial charge on any atom is -0.287 e. The van der Waals surface area contributed by atoms with Crippen molar-refractivity contribution >= 4 is 7.82 Å². The summed E-state index contributed by atoms with van der Waals surface area (Å²) in [6.07, 6.45) is 9.61. The lowest BCUT2D eigenvalue weighted by Crippen LogP contribution is -2.12. The van der Waals surface area contributed by atoms with Gasteiger partial charge in [-0.25, -0.2) is 4.57 Å². The SMILES string of the molecule is C#CC(C)OP(=O)(OCCC)OC(C)C#C. The summed E-state index contributed by atoms with van der Waals surface area (Å²) in [6.45, 7) is 5.28.